The van der Waals surface area contributed by atoms with Crippen molar-refractivity contribution in [3.63, 3.8) is 0 Å². The van der Waals surface area contributed by atoms with Crippen LogP contribution in [0.2, 0.25) is 0 Å². The van der Waals surface area contributed by atoms with Crippen LogP contribution in [0.25, 0.3) is 0 Å². The standard InChI is InChI=1S/C22H25NO3S2/c1-16(17-7-4-3-5-8-17)23(2)20(24)15-26-21(25)18-9-11-19(12-10-18)22-27-13-6-14-28-22/h3-5,7-12,16,22H,6,13-15H2,1-2H3/t16-/m0/s1. The molecule has 1 fully saturated rings. The molecule has 0 aliphatic carbocycles. The first-order chi connectivity index (χ1) is 13.6. The third kappa shape index (κ3) is 5.32. The minimum Gasteiger partial charge on any atom is -0.452 e. The topological polar surface area (TPSA) is 46.6 Å². The third-order valence-corrected chi connectivity index (χ3v) is 7.84. The second-order valence-electron chi connectivity index (χ2n) is 6.72. The summed E-state index contributed by atoms with van der Waals surface area (Å²) in [6, 6.07) is 17.2. The van der Waals surface area contributed by atoms with Crippen LogP contribution in [0.1, 0.15) is 45.5 Å². The fraction of sp³-hybridized carbons (Fsp3) is 0.364. The summed E-state index contributed by atoms with van der Waals surface area (Å²) in [6.45, 7) is 1.69. The second-order valence-corrected chi connectivity index (χ2v) is 9.44. The van der Waals surface area contributed by atoms with Crippen molar-refractivity contribution in [3.05, 3.63) is 71.3 Å². The van der Waals surface area contributed by atoms with Gasteiger partial charge in [0.1, 0.15) is 0 Å². The third-order valence-electron chi connectivity index (χ3n) is 4.83. The molecule has 0 aromatic heterocycles. The summed E-state index contributed by atoms with van der Waals surface area (Å²) in [7, 11) is 1.72. The number of nitrogens with zero attached hydrogens (tertiary/aromatic N) is 1. The van der Waals surface area contributed by atoms with Gasteiger partial charge in [-0.1, -0.05) is 42.5 Å². The van der Waals surface area contributed by atoms with E-state index in [9.17, 15) is 9.59 Å². The van der Waals surface area contributed by atoms with Crippen LogP contribution in [0, 0.1) is 0 Å². The number of ether oxygens (including phenoxy) is 1. The minimum atomic E-state index is -0.468. The average Bonchev–Trinajstić information content (AvgIpc) is 2.77. The van der Waals surface area contributed by atoms with Crippen molar-refractivity contribution in [2.75, 3.05) is 25.2 Å². The van der Waals surface area contributed by atoms with Crippen molar-refractivity contribution in [1.82, 2.24) is 4.90 Å². The molecule has 0 radical (unpaired) electrons. The van der Waals surface area contributed by atoms with Gasteiger partial charge in [-0.05, 0) is 48.1 Å². The van der Waals surface area contributed by atoms with E-state index in [0.29, 0.717) is 10.1 Å². The highest BCUT2D eigenvalue weighted by Crippen LogP contribution is 2.43. The SMILES string of the molecule is C[C@@H](c1ccccc1)N(C)C(=O)COC(=O)c1ccc(C2SCCCS2)cc1. The van der Waals surface area contributed by atoms with Crippen LogP contribution >= 0.6 is 23.5 Å². The molecule has 1 aliphatic rings. The molecule has 1 amide bonds. The van der Waals surface area contributed by atoms with Crippen LogP contribution in [0.3, 0.4) is 0 Å². The van der Waals surface area contributed by atoms with Crippen molar-refractivity contribution < 1.29 is 14.3 Å². The normalized spacial score (nSPS) is 15.6. The van der Waals surface area contributed by atoms with Gasteiger partial charge in [0.2, 0.25) is 0 Å². The quantitative estimate of drug-likeness (QED) is 0.626. The fourth-order valence-corrected chi connectivity index (χ4v) is 5.83. The fourth-order valence-electron chi connectivity index (χ4n) is 2.94. The van der Waals surface area contributed by atoms with Crippen LogP contribution in [0.15, 0.2) is 54.6 Å². The van der Waals surface area contributed by atoms with Crippen molar-refractivity contribution in [3.8, 4) is 0 Å². The largest absolute Gasteiger partial charge is 0.452 e. The Morgan fingerprint density at radius 3 is 2.36 bits per heavy atom. The molecule has 0 saturated carbocycles. The van der Waals surface area contributed by atoms with Gasteiger partial charge in [0.25, 0.3) is 5.91 Å². The Kier molecular flexibility index (Phi) is 7.45. The average molecular weight is 416 g/mol. The highest BCUT2D eigenvalue weighted by molar-refractivity contribution is 8.16. The molecule has 3 rings (SSSR count). The van der Waals surface area contributed by atoms with E-state index in [4.69, 9.17) is 4.74 Å². The number of rotatable bonds is 6. The molecule has 28 heavy (non-hydrogen) atoms. The number of benzene rings is 2. The van der Waals surface area contributed by atoms with E-state index < -0.39 is 5.97 Å². The highest BCUT2D eigenvalue weighted by Gasteiger charge is 2.20. The first-order valence-electron chi connectivity index (χ1n) is 9.37. The maximum Gasteiger partial charge on any atom is 0.338 e. The van der Waals surface area contributed by atoms with Crippen LogP contribution < -0.4 is 0 Å². The predicted molar refractivity (Wildman–Crippen MR) is 117 cm³/mol. The molecule has 2 aromatic rings. The van der Waals surface area contributed by atoms with Crippen molar-refractivity contribution in [1.29, 1.82) is 0 Å². The molecule has 0 spiro atoms. The zero-order valence-corrected chi connectivity index (χ0v) is 17.8. The van der Waals surface area contributed by atoms with Gasteiger partial charge >= 0.3 is 5.97 Å². The maximum absolute atomic E-state index is 12.4. The number of hydrogen-bond donors (Lipinski definition) is 0. The summed E-state index contributed by atoms with van der Waals surface area (Å²) in [5.41, 5.74) is 2.73. The Hall–Kier alpha value is -1.92. The molecule has 4 nitrogen and oxygen atoms in total. The zero-order chi connectivity index (χ0) is 19.9. The van der Waals surface area contributed by atoms with E-state index in [1.807, 2.05) is 72.9 Å². The summed E-state index contributed by atoms with van der Waals surface area (Å²) in [4.78, 5) is 26.3. The molecule has 0 bridgehead atoms. The number of likely N-dealkylation sites (N-methyl/N-ethyl adjacent to an activating group) is 1. The number of carbonyl (C=O) groups excluding carboxylic acids is 2. The van der Waals surface area contributed by atoms with Gasteiger partial charge in [0.15, 0.2) is 6.61 Å². The predicted octanol–water partition coefficient (Wildman–Crippen LogP) is 4.93. The van der Waals surface area contributed by atoms with E-state index in [2.05, 4.69) is 0 Å². The second kappa shape index (κ2) is 10.0. The van der Waals surface area contributed by atoms with Gasteiger partial charge in [-0.15, -0.1) is 23.5 Å². The Labute approximate surface area is 175 Å². The van der Waals surface area contributed by atoms with Gasteiger partial charge in [-0.2, -0.15) is 0 Å². The molecule has 1 heterocycles. The maximum atomic E-state index is 12.4. The Morgan fingerprint density at radius 2 is 1.71 bits per heavy atom. The Morgan fingerprint density at radius 1 is 1.07 bits per heavy atom. The number of amides is 1. The summed E-state index contributed by atoms with van der Waals surface area (Å²) < 4.78 is 5.68. The lowest BCUT2D eigenvalue weighted by Crippen LogP contribution is -2.33. The summed E-state index contributed by atoms with van der Waals surface area (Å²) >= 11 is 3.89. The van der Waals surface area contributed by atoms with Crippen LogP contribution in [0.4, 0.5) is 0 Å². The summed E-state index contributed by atoms with van der Waals surface area (Å²) in [6.07, 6.45) is 1.25. The van der Waals surface area contributed by atoms with Gasteiger partial charge in [0, 0.05) is 7.05 Å². The highest BCUT2D eigenvalue weighted by atomic mass is 32.2. The molecule has 6 heteroatoms. The number of hydrogen-bond acceptors (Lipinski definition) is 5. The van der Waals surface area contributed by atoms with E-state index in [1.165, 1.54) is 23.5 Å². The van der Waals surface area contributed by atoms with Crippen LogP contribution in [-0.2, 0) is 9.53 Å². The first-order valence-corrected chi connectivity index (χ1v) is 11.5. The van der Waals surface area contributed by atoms with Crippen molar-refractivity contribution >= 4 is 35.4 Å². The lowest BCUT2D eigenvalue weighted by Gasteiger charge is -2.25. The molecular weight excluding hydrogens is 390 g/mol. The molecule has 2 aromatic carbocycles. The van der Waals surface area contributed by atoms with Gasteiger partial charge in [-0.3, -0.25) is 4.79 Å². The van der Waals surface area contributed by atoms with Crippen LogP contribution in [-0.4, -0.2) is 41.9 Å². The Bertz CT molecular complexity index is 789. The minimum absolute atomic E-state index is 0.0859. The van der Waals surface area contributed by atoms with E-state index >= 15 is 0 Å². The van der Waals surface area contributed by atoms with Crippen molar-refractivity contribution in [2.24, 2.45) is 0 Å². The molecular formula is C22H25NO3S2. The number of thioether (sulfide) groups is 2. The smallest absolute Gasteiger partial charge is 0.338 e. The summed E-state index contributed by atoms with van der Waals surface area (Å²) in [5, 5.41) is 0. The van der Waals surface area contributed by atoms with Crippen molar-refractivity contribution in [2.45, 2.75) is 24.0 Å². The van der Waals surface area contributed by atoms with Gasteiger partial charge in [-0.25, -0.2) is 4.79 Å². The zero-order valence-electron chi connectivity index (χ0n) is 16.2. The van der Waals surface area contributed by atoms with E-state index in [1.54, 1.807) is 24.1 Å². The van der Waals surface area contributed by atoms with Gasteiger partial charge in [0.05, 0.1) is 16.2 Å². The summed E-state index contributed by atoms with van der Waals surface area (Å²) in [5.74, 6) is 1.66. The molecule has 0 N–H and O–H groups in total. The van der Waals surface area contributed by atoms with Crippen LogP contribution in [0.5, 0.6) is 0 Å². The number of esters is 1. The molecule has 1 saturated heterocycles. The van der Waals surface area contributed by atoms with E-state index in [-0.39, 0.29) is 18.6 Å². The molecule has 0 unspecified atom stereocenters. The van der Waals surface area contributed by atoms with Gasteiger partial charge < -0.3 is 9.64 Å². The molecule has 1 atom stereocenters. The first kappa shape index (κ1) is 20.8. The molecule has 1 aliphatic heterocycles. The molecule has 148 valence electrons. The van der Waals surface area contributed by atoms with E-state index in [0.717, 1.165) is 5.56 Å². The Balaban J connectivity index is 1.52. The number of carbonyl (C=O) groups is 2. The lowest BCUT2D eigenvalue weighted by atomic mass is 10.1. The monoisotopic (exact) mass is 415 g/mol. The lowest BCUT2D eigenvalue weighted by molar-refractivity contribution is -0.135.